The highest BCUT2D eigenvalue weighted by molar-refractivity contribution is 7.48. The lowest BCUT2D eigenvalue weighted by Gasteiger charge is -2.12. The van der Waals surface area contributed by atoms with Gasteiger partial charge in [-0.2, -0.15) is 0 Å². The molecular weight excluding hydrogens is 223 g/mol. The smallest absolute Gasteiger partial charge is 0.474 e. The Balaban J connectivity index is 0. The quantitative estimate of drug-likeness (QED) is 0.565. The van der Waals surface area contributed by atoms with Crippen molar-refractivity contribution in [3.63, 3.8) is 0 Å². The average Bonchev–Trinajstić information content (AvgIpc) is 2.19. The molecule has 7 heteroatoms. The van der Waals surface area contributed by atoms with Gasteiger partial charge in [-0.05, 0) is 13.8 Å². The van der Waals surface area contributed by atoms with Gasteiger partial charge >= 0.3 is 13.8 Å². The van der Waals surface area contributed by atoms with Crippen molar-refractivity contribution in [2.45, 2.75) is 13.8 Å². The molecule has 0 bridgehead atoms. The van der Waals surface area contributed by atoms with Crippen LogP contribution in [0.25, 0.3) is 0 Å². The third kappa shape index (κ3) is 11.2. The Hall–Kier alpha value is -0.680. The number of hydrogen-bond donors (Lipinski definition) is 1. The molecule has 0 aliphatic heterocycles. The number of phosphoric acid groups is 1. The molecule has 0 heterocycles. The number of carboxylic acids is 1. The van der Waals surface area contributed by atoms with Crippen LogP contribution in [0.5, 0.6) is 0 Å². The summed E-state index contributed by atoms with van der Waals surface area (Å²) in [6, 6.07) is 0. The molecule has 0 atom stereocenters. The molecule has 90 valence electrons. The van der Waals surface area contributed by atoms with Gasteiger partial charge in [-0.3, -0.25) is 13.6 Å². The predicted octanol–water partition coefficient (Wildman–Crippen LogP) is 2.07. The highest BCUT2D eigenvalue weighted by Crippen LogP contribution is 2.47. The molecule has 0 aliphatic rings. The van der Waals surface area contributed by atoms with Crippen LogP contribution in [0.3, 0.4) is 0 Å². The first kappa shape index (κ1) is 16.7. The van der Waals surface area contributed by atoms with E-state index in [1.165, 1.54) is 7.11 Å². The zero-order valence-corrected chi connectivity index (χ0v) is 10.0. The summed E-state index contributed by atoms with van der Waals surface area (Å²) < 4.78 is 25.1. The molecule has 0 fully saturated rings. The van der Waals surface area contributed by atoms with Crippen molar-refractivity contribution >= 4 is 13.8 Å². The van der Waals surface area contributed by atoms with Gasteiger partial charge in [0.15, 0.2) is 0 Å². The fraction of sp³-hybridized carbons (Fsp3) is 0.625. The Morgan fingerprint density at radius 1 is 1.40 bits per heavy atom. The van der Waals surface area contributed by atoms with Crippen molar-refractivity contribution < 1.29 is 28.0 Å². The highest BCUT2D eigenvalue weighted by Gasteiger charge is 2.22. The van der Waals surface area contributed by atoms with E-state index in [1.54, 1.807) is 13.8 Å². The van der Waals surface area contributed by atoms with Gasteiger partial charge in [0, 0.05) is 13.2 Å². The van der Waals surface area contributed by atoms with Crippen molar-refractivity contribution in [2.75, 3.05) is 20.3 Å². The average molecular weight is 240 g/mol. The van der Waals surface area contributed by atoms with Crippen LogP contribution in [-0.2, 0) is 22.9 Å². The summed E-state index contributed by atoms with van der Waals surface area (Å²) in [4.78, 5) is 9.25. The lowest BCUT2D eigenvalue weighted by Crippen LogP contribution is -1.96. The second kappa shape index (κ2) is 9.86. The van der Waals surface area contributed by atoms with Crippen LogP contribution in [0.2, 0.25) is 0 Å². The molecule has 0 aromatic rings. The van der Waals surface area contributed by atoms with Crippen LogP contribution in [0.1, 0.15) is 13.8 Å². The molecule has 0 amide bonds. The Kier molecular flexibility index (Phi) is 11.0. The summed E-state index contributed by atoms with van der Waals surface area (Å²) in [7, 11) is -1.90. The predicted molar refractivity (Wildman–Crippen MR) is 55.7 cm³/mol. The molecule has 15 heavy (non-hydrogen) atoms. The van der Waals surface area contributed by atoms with E-state index in [9.17, 15) is 9.36 Å². The second-order valence-corrected chi connectivity index (χ2v) is 3.78. The Bertz CT molecular complexity index is 217. The van der Waals surface area contributed by atoms with E-state index in [1.807, 2.05) is 0 Å². The van der Waals surface area contributed by atoms with Gasteiger partial charge in [-0.25, -0.2) is 9.36 Å². The van der Waals surface area contributed by atoms with Crippen molar-refractivity contribution in [1.82, 2.24) is 0 Å². The lowest BCUT2D eigenvalue weighted by atomic mass is 10.7. The number of rotatable bonds is 6. The van der Waals surface area contributed by atoms with Crippen LogP contribution in [-0.4, -0.2) is 31.4 Å². The third-order valence-electron chi connectivity index (χ3n) is 0.973. The van der Waals surface area contributed by atoms with Crippen LogP contribution < -0.4 is 0 Å². The maximum absolute atomic E-state index is 11.1. The van der Waals surface area contributed by atoms with Crippen molar-refractivity contribution in [3.8, 4) is 0 Å². The molecule has 6 nitrogen and oxygen atoms in total. The summed E-state index contributed by atoms with van der Waals surface area (Å²) in [5.41, 5.74) is 0. The lowest BCUT2D eigenvalue weighted by molar-refractivity contribution is -0.131. The highest BCUT2D eigenvalue weighted by atomic mass is 31.2. The van der Waals surface area contributed by atoms with Gasteiger partial charge < -0.3 is 5.11 Å². The van der Waals surface area contributed by atoms with Gasteiger partial charge in [0.25, 0.3) is 0 Å². The number of hydrogen-bond acceptors (Lipinski definition) is 5. The van der Waals surface area contributed by atoms with Crippen LogP contribution >= 0.6 is 7.82 Å². The summed E-state index contributed by atoms with van der Waals surface area (Å²) in [5, 5.41) is 7.60. The van der Waals surface area contributed by atoms with Crippen LogP contribution in [0.15, 0.2) is 12.7 Å². The summed E-state index contributed by atoms with van der Waals surface area (Å²) >= 11 is 0. The number of phosphoric ester groups is 1. The molecule has 0 unspecified atom stereocenters. The largest absolute Gasteiger partial charge is 0.478 e. The molecule has 0 aliphatic carbocycles. The summed E-state index contributed by atoms with van der Waals surface area (Å²) in [6.45, 7) is 7.06. The van der Waals surface area contributed by atoms with E-state index in [4.69, 9.17) is 14.2 Å². The van der Waals surface area contributed by atoms with Gasteiger partial charge in [-0.1, -0.05) is 6.58 Å². The number of carbonyl (C=O) groups is 1. The van der Waals surface area contributed by atoms with Gasteiger partial charge in [0.05, 0.1) is 13.2 Å². The Morgan fingerprint density at radius 3 is 1.87 bits per heavy atom. The SMILES string of the molecule is C=CC(=O)O.CCOP(=O)(OC)OCC. The molecule has 0 aromatic heterocycles. The number of carboxylic acid groups (broad SMARTS) is 1. The van der Waals surface area contributed by atoms with Crippen LogP contribution in [0.4, 0.5) is 0 Å². The monoisotopic (exact) mass is 240 g/mol. The van der Waals surface area contributed by atoms with E-state index in [0.717, 1.165) is 6.08 Å². The Labute approximate surface area is 89.5 Å². The molecule has 0 saturated carbocycles. The first-order chi connectivity index (χ1) is 6.95. The van der Waals surface area contributed by atoms with Crippen molar-refractivity contribution in [2.24, 2.45) is 0 Å². The van der Waals surface area contributed by atoms with Crippen molar-refractivity contribution in [3.05, 3.63) is 12.7 Å². The maximum Gasteiger partial charge on any atom is 0.474 e. The topological polar surface area (TPSA) is 82.1 Å². The molecule has 0 aromatic carbocycles. The van der Waals surface area contributed by atoms with E-state index < -0.39 is 13.8 Å². The third-order valence-corrected chi connectivity index (χ3v) is 2.57. The normalized spacial score (nSPS) is 10.1. The van der Waals surface area contributed by atoms with Crippen molar-refractivity contribution in [1.29, 1.82) is 0 Å². The van der Waals surface area contributed by atoms with Gasteiger partial charge in [0.2, 0.25) is 0 Å². The summed E-state index contributed by atoms with van der Waals surface area (Å²) in [6.07, 6.45) is 0.833. The second-order valence-electron chi connectivity index (χ2n) is 2.01. The molecular formula is C8H17O6P. The fourth-order valence-corrected chi connectivity index (χ4v) is 1.38. The zero-order chi connectivity index (χ0) is 12.3. The number of aliphatic carboxylic acids is 1. The molecule has 1 N–H and O–H groups in total. The van der Waals surface area contributed by atoms with Gasteiger partial charge in [-0.15, -0.1) is 0 Å². The molecule has 0 saturated heterocycles. The molecule has 0 rings (SSSR count). The minimum absolute atomic E-state index is 0.325. The van der Waals surface area contributed by atoms with Crippen LogP contribution in [0, 0.1) is 0 Å². The molecule has 0 radical (unpaired) electrons. The summed E-state index contributed by atoms with van der Waals surface area (Å²) in [5.74, 6) is -0.981. The minimum Gasteiger partial charge on any atom is -0.478 e. The maximum atomic E-state index is 11.1. The fourth-order valence-electron chi connectivity index (χ4n) is 0.459. The first-order valence-electron chi connectivity index (χ1n) is 4.25. The van der Waals surface area contributed by atoms with E-state index in [-0.39, 0.29) is 0 Å². The molecule has 0 spiro atoms. The first-order valence-corrected chi connectivity index (χ1v) is 5.72. The zero-order valence-electron chi connectivity index (χ0n) is 9.13. The van der Waals surface area contributed by atoms with Gasteiger partial charge in [0.1, 0.15) is 0 Å². The minimum atomic E-state index is -3.20. The standard InChI is InChI=1S/C5H13O4P.C3H4O2/c1-4-8-10(6,7-3)9-5-2;1-2-3(4)5/h4-5H2,1-3H3;2H,1H2,(H,4,5). The van der Waals surface area contributed by atoms with E-state index in [2.05, 4.69) is 11.1 Å². The van der Waals surface area contributed by atoms with E-state index in [0.29, 0.717) is 13.2 Å². The Morgan fingerprint density at radius 2 is 1.73 bits per heavy atom. The van der Waals surface area contributed by atoms with E-state index >= 15 is 0 Å².